The highest BCUT2D eigenvalue weighted by atomic mass is 19.4. The lowest BCUT2D eigenvalue weighted by Crippen LogP contribution is -2.47. The predicted molar refractivity (Wildman–Crippen MR) is 46.8 cm³/mol. The van der Waals surface area contributed by atoms with Crippen molar-refractivity contribution in [1.82, 2.24) is 0 Å². The minimum absolute atomic E-state index is 0.254. The third-order valence-corrected chi connectivity index (χ3v) is 2.43. The molecule has 3 nitrogen and oxygen atoms in total. The Kier molecular flexibility index (Phi) is 2.03. The summed E-state index contributed by atoms with van der Waals surface area (Å²) in [7, 11) is 0. The van der Waals surface area contributed by atoms with Gasteiger partial charge in [-0.05, 0) is 19.1 Å². The third-order valence-electron chi connectivity index (χ3n) is 2.43. The molecule has 0 amide bonds. The van der Waals surface area contributed by atoms with Crippen molar-refractivity contribution < 1.29 is 27.8 Å². The first-order chi connectivity index (χ1) is 7.26. The van der Waals surface area contributed by atoms with E-state index in [0.29, 0.717) is 5.56 Å². The van der Waals surface area contributed by atoms with Gasteiger partial charge in [0.1, 0.15) is 5.75 Å². The van der Waals surface area contributed by atoms with Crippen molar-refractivity contribution in [2.24, 2.45) is 0 Å². The van der Waals surface area contributed by atoms with E-state index < -0.39 is 23.3 Å². The summed E-state index contributed by atoms with van der Waals surface area (Å²) >= 11 is 0. The highest BCUT2D eigenvalue weighted by molar-refractivity contribution is 5.89. The summed E-state index contributed by atoms with van der Waals surface area (Å²) in [5.74, 6) is -1.96. The number of alkyl halides is 3. The van der Waals surface area contributed by atoms with Gasteiger partial charge in [-0.2, -0.15) is 13.2 Å². The van der Waals surface area contributed by atoms with Crippen LogP contribution < -0.4 is 4.74 Å². The van der Waals surface area contributed by atoms with Crippen LogP contribution in [0.4, 0.5) is 13.2 Å². The van der Waals surface area contributed by atoms with Crippen LogP contribution in [-0.2, 0) is 10.4 Å². The number of hydrogen-bond donors (Lipinski definition) is 1. The number of carbonyl (C=O) groups excluding carboxylic acids is 1. The second kappa shape index (κ2) is 2.98. The highest BCUT2D eigenvalue weighted by Crippen LogP contribution is 2.48. The summed E-state index contributed by atoms with van der Waals surface area (Å²) in [5, 5.41) is 9.47. The van der Waals surface area contributed by atoms with Crippen LogP contribution in [0.2, 0.25) is 0 Å². The summed E-state index contributed by atoms with van der Waals surface area (Å²) in [6, 6.07) is 3.81. The Morgan fingerprint density at radius 1 is 1.38 bits per heavy atom. The Bertz CT molecular complexity index is 467. The van der Waals surface area contributed by atoms with Crippen LogP contribution in [0.15, 0.2) is 18.2 Å². The molecule has 0 bridgehead atoms. The molecule has 1 N–H and O–H groups in total. The van der Waals surface area contributed by atoms with Crippen molar-refractivity contribution in [2.75, 3.05) is 0 Å². The van der Waals surface area contributed by atoms with Crippen LogP contribution in [0.3, 0.4) is 0 Å². The molecule has 1 heterocycles. The highest BCUT2D eigenvalue weighted by Gasteiger charge is 2.66. The Morgan fingerprint density at radius 3 is 2.56 bits per heavy atom. The molecule has 0 saturated carbocycles. The van der Waals surface area contributed by atoms with Crippen molar-refractivity contribution in [2.45, 2.75) is 18.7 Å². The zero-order chi connectivity index (χ0) is 12.1. The Balaban J connectivity index is 2.67. The number of esters is 1. The molecule has 86 valence electrons. The van der Waals surface area contributed by atoms with E-state index in [0.717, 1.165) is 6.07 Å². The lowest BCUT2D eigenvalue weighted by molar-refractivity contribution is -0.258. The molecule has 0 aliphatic carbocycles. The fraction of sp³-hybridized carbons (Fsp3) is 0.300. The predicted octanol–water partition coefficient (Wildman–Crippen LogP) is 1.66. The van der Waals surface area contributed by atoms with Gasteiger partial charge in [0.25, 0.3) is 5.60 Å². The fourth-order valence-corrected chi connectivity index (χ4v) is 1.57. The number of benzene rings is 1. The molecule has 0 spiro atoms. The zero-order valence-corrected chi connectivity index (χ0v) is 8.13. The van der Waals surface area contributed by atoms with Crippen LogP contribution >= 0.6 is 0 Å². The Labute approximate surface area is 88.5 Å². The van der Waals surface area contributed by atoms with Crippen LogP contribution in [0.5, 0.6) is 5.75 Å². The van der Waals surface area contributed by atoms with E-state index in [1.54, 1.807) is 6.92 Å². The maximum atomic E-state index is 12.7. The first-order valence-electron chi connectivity index (χ1n) is 4.39. The molecule has 0 aromatic heterocycles. The molecule has 6 heteroatoms. The SMILES string of the molecule is Cc1ccc2c(c1)[C@@](O)(C(F)(F)F)C(=O)O2. The van der Waals surface area contributed by atoms with Gasteiger partial charge < -0.3 is 9.84 Å². The van der Waals surface area contributed by atoms with E-state index >= 15 is 0 Å². The fourth-order valence-electron chi connectivity index (χ4n) is 1.57. The summed E-state index contributed by atoms with van der Waals surface area (Å²) in [5.41, 5.74) is -3.60. The first kappa shape index (κ1) is 10.9. The average Bonchev–Trinajstić information content (AvgIpc) is 2.41. The molecule has 1 aliphatic rings. The zero-order valence-electron chi connectivity index (χ0n) is 8.13. The van der Waals surface area contributed by atoms with E-state index in [-0.39, 0.29) is 5.75 Å². The van der Waals surface area contributed by atoms with E-state index in [4.69, 9.17) is 0 Å². The normalized spacial score (nSPS) is 24.2. The van der Waals surface area contributed by atoms with Crippen LogP contribution in [0.25, 0.3) is 0 Å². The summed E-state index contributed by atoms with van der Waals surface area (Å²) in [6.45, 7) is 1.56. The molecule has 0 fully saturated rings. The van der Waals surface area contributed by atoms with E-state index in [2.05, 4.69) is 4.74 Å². The van der Waals surface area contributed by atoms with Gasteiger partial charge >= 0.3 is 12.1 Å². The van der Waals surface area contributed by atoms with Gasteiger partial charge in [-0.25, -0.2) is 4.79 Å². The van der Waals surface area contributed by atoms with E-state index in [9.17, 15) is 23.1 Å². The van der Waals surface area contributed by atoms with Crippen LogP contribution in [0, 0.1) is 6.92 Å². The summed E-state index contributed by atoms with van der Waals surface area (Å²) < 4.78 is 42.4. The quantitative estimate of drug-likeness (QED) is 0.546. The molecule has 0 radical (unpaired) electrons. The van der Waals surface area contributed by atoms with Gasteiger partial charge in [0.2, 0.25) is 0 Å². The van der Waals surface area contributed by atoms with Gasteiger partial charge in [0.15, 0.2) is 0 Å². The van der Waals surface area contributed by atoms with E-state index in [1.165, 1.54) is 12.1 Å². The first-order valence-corrected chi connectivity index (χ1v) is 4.39. The standard InChI is InChI=1S/C10H7F3O3/c1-5-2-3-7-6(4-5)9(15,8(14)16-7)10(11,12)13/h2-4,15H,1H3/t9-/m0/s1. The van der Waals surface area contributed by atoms with Crippen LogP contribution in [-0.4, -0.2) is 17.3 Å². The number of hydrogen-bond acceptors (Lipinski definition) is 3. The summed E-state index contributed by atoms with van der Waals surface area (Å²) in [6.07, 6.45) is -5.09. The molecule has 16 heavy (non-hydrogen) atoms. The molecule has 1 aliphatic heterocycles. The third kappa shape index (κ3) is 1.23. The monoisotopic (exact) mass is 232 g/mol. The van der Waals surface area contributed by atoms with Gasteiger partial charge in [-0.1, -0.05) is 11.6 Å². The lowest BCUT2D eigenvalue weighted by atomic mass is 9.93. The molecule has 2 rings (SSSR count). The number of aliphatic hydroxyl groups is 1. The van der Waals surface area contributed by atoms with Crippen molar-refractivity contribution in [3.8, 4) is 5.75 Å². The maximum absolute atomic E-state index is 12.7. The second-order valence-electron chi connectivity index (χ2n) is 3.60. The Hall–Kier alpha value is -1.56. The van der Waals surface area contributed by atoms with E-state index in [1.807, 2.05) is 0 Å². The molecular weight excluding hydrogens is 225 g/mol. The van der Waals surface area contributed by atoms with Crippen molar-refractivity contribution in [1.29, 1.82) is 0 Å². The maximum Gasteiger partial charge on any atom is 0.432 e. The number of rotatable bonds is 0. The largest absolute Gasteiger partial charge is 0.432 e. The molecule has 0 unspecified atom stereocenters. The minimum Gasteiger partial charge on any atom is -0.423 e. The number of aryl methyl sites for hydroxylation is 1. The molecule has 1 atom stereocenters. The molecular formula is C10H7F3O3. The van der Waals surface area contributed by atoms with Gasteiger partial charge in [-0.3, -0.25) is 0 Å². The minimum atomic E-state index is -5.09. The van der Waals surface area contributed by atoms with Crippen molar-refractivity contribution in [3.63, 3.8) is 0 Å². The smallest absolute Gasteiger partial charge is 0.423 e. The number of halogens is 3. The Morgan fingerprint density at radius 2 is 2.00 bits per heavy atom. The molecule has 0 saturated heterocycles. The molecule has 1 aromatic carbocycles. The van der Waals surface area contributed by atoms with Gasteiger partial charge in [0, 0.05) is 5.56 Å². The van der Waals surface area contributed by atoms with Gasteiger partial charge in [-0.15, -0.1) is 0 Å². The van der Waals surface area contributed by atoms with Crippen molar-refractivity contribution >= 4 is 5.97 Å². The van der Waals surface area contributed by atoms with Crippen molar-refractivity contribution in [3.05, 3.63) is 29.3 Å². The number of ether oxygens (including phenoxy) is 1. The average molecular weight is 232 g/mol. The molecule has 1 aromatic rings. The lowest BCUT2D eigenvalue weighted by Gasteiger charge is -2.22. The number of fused-ring (bicyclic) bond motifs is 1. The summed E-state index contributed by atoms with van der Waals surface area (Å²) in [4.78, 5) is 11.1. The van der Waals surface area contributed by atoms with Gasteiger partial charge in [0.05, 0.1) is 0 Å². The second-order valence-corrected chi connectivity index (χ2v) is 3.60. The number of carbonyl (C=O) groups is 1. The van der Waals surface area contributed by atoms with Crippen LogP contribution in [0.1, 0.15) is 11.1 Å². The topological polar surface area (TPSA) is 46.5 Å².